The molecule has 0 radical (unpaired) electrons. The number of hydrogen-bond donors (Lipinski definition) is 3. The van der Waals surface area contributed by atoms with Gasteiger partial charge in [-0.15, -0.1) is 0 Å². The van der Waals surface area contributed by atoms with Crippen molar-refractivity contribution in [3.05, 3.63) is 29.8 Å². The number of para-hydroxylation sites is 1. The van der Waals surface area contributed by atoms with Gasteiger partial charge in [-0.3, -0.25) is 0 Å². The lowest BCUT2D eigenvalue weighted by atomic mass is 9.80. The average Bonchev–Trinajstić information content (AvgIpc) is 2.48. The minimum Gasteiger partial charge on any atom is -0.491 e. The van der Waals surface area contributed by atoms with Crippen molar-refractivity contribution in [1.29, 1.82) is 0 Å². The van der Waals surface area contributed by atoms with Gasteiger partial charge in [-0.05, 0) is 36.8 Å². The van der Waals surface area contributed by atoms with Crippen LogP contribution in [0, 0.1) is 0 Å². The first kappa shape index (κ1) is 16.6. The summed E-state index contributed by atoms with van der Waals surface area (Å²) >= 11 is 0. The highest BCUT2D eigenvalue weighted by Crippen LogP contribution is 2.30. The summed E-state index contributed by atoms with van der Waals surface area (Å²) < 4.78 is 5.73. The first-order valence-electron chi connectivity index (χ1n) is 7.96. The zero-order valence-electron chi connectivity index (χ0n) is 13.4. The van der Waals surface area contributed by atoms with Crippen LogP contribution in [0.1, 0.15) is 44.6 Å². The van der Waals surface area contributed by atoms with Crippen LogP contribution in [0.4, 0.5) is 4.79 Å². The van der Waals surface area contributed by atoms with E-state index >= 15 is 0 Å². The Hall–Kier alpha value is -1.75. The van der Waals surface area contributed by atoms with E-state index in [0.29, 0.717) is 25.6 Å². The van der Waals surface area contributed by atoms with Crippen molar-refractivity contribution < 1.29 is 14.6 Å². The molecule has 1 aliphatic rings. The zero-order valence-corrected chi connectivity index (χ0v) is 13.4. The van der Waals surface area contributed by atoms with Crippen LogP contribution in [0.15, 0.2) is 24.3 Å². The largest absolute Gasteiger partial charge is 0.491 e. The maximum Gasteiger partial charge on any atom is 0.315 e. The monoisotopic (exact) mass is 306 g/mol. The minimum absolute atomic E-state index is 0.263. The molecule has 0 heterocycles. The predicted molar refractivity (Wildman–Crippen MR) is 86.2 cm³/mol. The van der Waals surface area contributed by atoms with Crippen LogP contribution in [0.5, 0.6) is 5.75 Å². The molecule has 22 heavy (non-hydrogen) atoms. The Morgan fingerprint density at radius 1 is 1.32 bits per heavy atom. The van der Waals surface area contributed by atoms with Crippen LogP contribution < -0.4 is 15.4 Å². The van der Waals surface area contributed by atoms with E-state index in [0.717, 1.165) is 25.0 Å². The third kappa shape index (κ3) is 4.63. The van der Waals surface area contributed by atoms with Gasteiger partial charge < -0.3 is 20.5 Å². The van der Waals surface area contributed by atoms with Crippen LogP contribution in [-0.4, -0.2) is 36.4 Å². The fourth-order valence-electron chi connectivity index (χ4n) is 2.48. The Morgan fingerprint density at radius 2 is 2.05 bits per heavy atom. The molecule has 2 rings (SSSR count). The lowest BCUT2D eigenvalue weighted by Gasteiger charge is -2.36. The van der Waals surface area contributed by atoms with Crippen molar-refractivity contribution in [2.45, 2.75) is 44.6 Å². The van der Waals surface area contributed by atoms with Crippen molar-refractivity contribution in [3.63, 3.8) is 0 Å². The summed E-state index contributed by atoms with van der Waals surface area (Å²) in [4.78, 5) is 11.6. The molecule has 0 atom stereocenters. The van der Waals surface area contributed by atoms with Gasteiger partial charge in [-0.25, -0.2) is 4.79 Å². The van der Waals surface area contributed by atoms with E-state index in [2.05, 4.69) is 30.5 Å². The molecule has 1 fully saturated rings. The van der Waals surface area contributed by atoms with Gasteiger partial charge >= 0.3 is 6.03 Å². The Kier molecular flexibility index (Phi) is 5.66. The normalized spacial score (nSPS) is 16.0. The van der Waals surface area contributed by atoms with Crippen molar-refractivity contribution >= 4 is 6.03 Å². The van der Waals surface area contributed by atoms with E-state index < -0.39 is 5.60 Å². The van der Waals surface area contributed by atoms with Crippen molar-refractivity contribution in [3.8, 4) is 5.75 Å². The fourth-order valence-corrected chi connectivity index (χ4v) is 2.48. The molecule has 0 bridgehead atoms. The van der Waals surface area contributed by atoms with Gasteiger partial charge in [0.25, 0.3) is 0 Å². The molecule has 3 N–H and O–H groups in total. The Morgan fingerprint density at radius 3 is 2.68 bits per heavy atom. The quantitative estimate of drug-likeness (QED) is 0.677. The third-order valence-electron chi connectivity index (χ3n) is 4.05. The van der Waals surface area contributed by atoms with Crippen LogP contribution in [-0.2, 0) is 0 Å². The molecular formula is C17H26N2O3. The lowest BCUT2D eigenvalue weighted by Crippen LogP contribution is -2.50. The van der Waals surface area contributed by atoms with E-state index in [9.17, 15) is 9.90 Å². The van der Waals surface area contributed by atoms with Crippen LogP contribution in [0.3, 0.4) is 0 Å². The number of benzene rings is 1. The first-order valence-corrected chi connectivity index (χ1v) is 7.96. The number of rotatable bonds is 7. The molecule has 1 aromatic rings. The molecule has 0 unspecified atom stereocenters. The molecule has 1 saturated carbocycles. The van der Waals surface area contributed by atoms with Crippen molar-refractivity contribution in [1.82, 2.24) is 10.6 Å². The molecule has 0 spiro atoms. The average molecular weight is 306 g/mol. The molecule has 5 nitrogen and oxygen atoms in total. The zero-order chi connectivity index (χ0) is 16.0. The first-order chi connectivity index (χ1) is 10.5. The van der Waals surface area contributed by atoms with Gasteiger partial charge in [0.1, 0.15) is 12.4 Å². The molecule has 0 aliphatic heterocycles. The van der Waals surface area contributed by atoms with Crippen molar-refractivity contribution in [2.75, 3.05) is 19.7 Å². The maximum atomic E-state index is 11.6. The standard InChI is InChI=1S/C17H26N2O3/c1-13(2)14-6-3-4-7-15(14)22-11-10-18-16(20)19-12-17(21)8-5-9-17/h3-4,6-7,13,21H,5,8-12H2,1-2H3,(H2,18,19,20). The number of urea groups is 1. The molecule has 122 valence electrons. The second-order valence-corrected chi connectivity index (χ2v) is 6.23. The summed E-state index contributed by atoms with van der Waals surface area (Å²) in [7, 11) is 0. The second-order valence-electron chi connectivity index (χ2n) is 6.23. The molecule has 1 aromatic carbocycles. The van der Waals surface area contributed by atoms with Gasteiger partial charge in [0.2, 0.25) is 0 Å². The fraction of sp³-hybridized carbons (Fsp3) is 0.588. The number of aliphatic hydroxyl groups is 1. The van der Waals surface area contributed by atoms with Crippen molar-refractivity contribution in [2.24, 2.45) is 0 Å². The molecular weight excluding hydrogens is 280 g/mol. The molecule has 0 aromatic heterocycles. The second kappa shape index (κ2) is 7.49. The van der Waals surface area contributed by atoms with Gasteiger partial charge in [0.05, 0.1) is 12.1 Å². The summed E-state index contributed by atoms with van der Waals surface area (Å²) in [5, 5.41) is 15.3. The smallest absolute Gasteiger partial charge is 0.315 e. The van der Waals surface area contributed by atoms with Crippen LogP contribution in [0.25, 0.3) is 0 Å². The Bertz CT molecular complexity index is 498. The molecule has 1 aliphatic carbocycles. The summed E-state index contributed by atoms with van der Waals surface area (Å²) in [6.45, 7) is 5.41. The van der Waals surface area contributed by atoms with Gasteiger partial charge in [0, 0.05) is 6.54 Å². The summed E-state index contributed by atoms with van der Waals surface area (Å²) in [6.07, 6.45) is 2.56. The number of amides is 2. The number of ether oxygens (including phenoxy) is 1. The minimum atomic E-state index is -0.690. The number of carbonyl (C=O) groups is 1. The SMILES string of the molecule is CC(C)c1ccccc1OCCNC(=O)NCC1(O)CCC1. The van der Waals surface area contributed by atoms with Gasteiger partial charge in [-0.1, -0.05) is 32.0 Å². The summed E-state index contributed by atoms with van der Waals surface area (Å²) in [6, 6.07) is 7.68. The van der Waals surface area contributed by atoms with E-state index in [1.165, 1.54) is 5.56 Å². The van der Waals surface area contributed by atoms with Gasteiger partial charge in [0.15, 0.2) is 0 Å². The number of nitrogens with one attached hydrogen (secondary N) is 2. The highest BCUT2D eigenvalue weighted by molar-refractivity contribution is 5.73. The van der Waals surface area contributed by atoms with Gasteiger partial charge in [-0.2, -0.15) is 0 Å². The molecule has 5 heteroatoms. The van der Waals surface area contributed by atoms with Crippen LogP contribution in [0.2, 0.25) is 0 Å². The summed E-state index contributed by atoms with van der Waals surface area (Å²) in [5.74, 6) is 1.26. The number of carbonyl (C=O) groups excluding carboxylic acids is 1. The van der Waals surface area contributed by atoms with E-state index in [4.69, 9.17) is 4.74 Å². The summed E-state index contributed by atoms with van der Waals surface area (Å²) in [5.41, 5.74) is 0.475. The van der Waals surface area contributed by atoms with Crippen LogP contribution >= 0.6 is 0 Å². The lowest BCUT2D eigenvalue weighted by molar-refractivity contribution is -0.0290. The Balaban J connectivity index is 1.65. The topological polar surface area (TPSA) is 70.6 Å². The Labute approximate surface area is 132 Å². The predicted octanol–water partition coefficient (Wildman–Crippen LogP) is 2.40. The van der Waals surface area contributed by atoms with E-state index in [-0.39, 0.29) is 6.03 Å². The highest BCUT2D eigenvalue weighted by Gasteiger charge is 2.34. The maximum absolute atomic E-state index is 11.6. The van der Waals surface area contributed by atoms with E-state index in [1.54, 1.807) is 0 Å². The highest BCUT2D eigenvalue weighted by atomic mass is 16.5. The molecule has 0 saturated heterocycles. The molecule has 2 amide bonds. The number of hydrogen-bond acceptors (Lipinski definition) is 3. The van der Waals surface area contributed by atoms with E-state index in [1.807, 2.05) is 18.2 Å². The third-order valence-corrected chi connectivity index (χ3v) is 4.05.